The Bertz CT molecular complexity index is 1330. The van der Waals surface area contributed by atoms with Gasteiger partial charge < -0.3 is 10.2 Å². The molecule has 1 amide bonds. The van der Waals surface area contributed by atoms with Crippen LogP contribution in [-0.2, 0) is 10.0 Å². The van der Waals surface area contributed by atoms with E-state index in [-0.39, 0.29) is 10.7 Å². The number of carbonyl (C=O) groups is 1. The van der Waals surface area contributed by atoms with Gasteiger partial charge in [-0.25, -0.2) is 9.07 Å². The normalized spacial score (nSPS) is 15.9. The number of anilines is 1. The number of carbonyl (C=O) groups excluding carboxylic acids is 1. The fraction of sp³-hybridized carbons (Fsp3) is 0.292. The highest BCUT2D eigenvalue weighted by Gasteiger charge is 2.20. The summed E-state index contributed by atoms with van der Waals surface area (Å²) in [5.41, 5.74) is 1.83. The number of amidine groups is 1. The quantitative estimate of drug-likeness (QED) is 0.588. The first-order valence-electron chi connectivity index (χ1n) is 11.0. The molecule has 0 saturated carbocycles. The number of hydrogen-bond acceptors (Lipinski definition) is 4. The molecule has 0 aliphatic carbocycles. The van der Waals surface area contributed by atoms with E-state index in [0.29, 0.717) is 34.9 Å². The van der Waals surface area contributed by atoms with Gasteiger partial charge in [0.2, 0.25) is 0 Å². The third-order valence-electron chi connectivity index (χ3n) is 5.78. The number of rotatable bonds is 5. The van der Waals surface area contributed by atoms with Crippen LogP contribution >= 0.6 is 0 Å². The summed E-state index contributed by atoms with van der Waals surface area (Å²) in [4.78, 5) is 14.8. The van der Waals surface area contributed by atoms with Gasteiger partial charge in [-0.1, -0.05) is 12.5 Å². The molecule has 8 nitrogen and oxygen atoms in total. The fourth-order valence-corrected chi connectivity index (χ4v) is 4.98. The van der Waals surface area contributed by atoms with E-state index in [9.17, 15) is 17.6 Å². The molecule has 1 fully saturated rings. The maximum Gasteiger partial charge on any atom is 0.284 e. The lowest BCUT2D eigenvalue weighted by Crippen LogP contribution is -2.26. The number of halogens is 1. The second-order valence-corrected chi connectivity index (χ2v) is 9.83. The van der Waals surface area contributed by atoms with Gasteiger partial charge in [0.15, 0.2) is 0 Å². The fourth-order valence-electron chi connectivity index (χ4n) is 3.84. The molecule has 1 aliphatic heterocycles. The average Bonchev–Trinajstić information content (AvgIpc) is 3.08. The summed E-state index contributed by atoms with van der Waals surface area (Å²) >= 11 is 0. The van der Waals surface area contributed by atoms with Crippen molar-refractivity contribution in [2.24, 2.45) is 4.40 Å². The highest BCUT2D eigenvalue weighted by atomic mass is 32.2. The van der Waals surface area contributed by atoms with Crippen molar-refractivity contribution in [3.8, 4) is 5.69 Å². The number of likely N-dealkylation sites (tertiary alicyclic amines) is 1. The van der Waals surface area contributed by atoms with Gasteiger partial charge in [-0.2, -0.15) is 13.5 Å². The molecule has 0 unspecified atom stereocenters. The standard InChI is InChI=1S/C24H26FN5O3S/c1-17-22(16-26-30(17)20-12-10-18(25)11-13-20)24(31)27-19-7-6-8-21(15-19)34(32,33)28-23-9-4-3-5-14-29(23)2/h6-8,10-13,15-16H,3-5,9,14H2,1-2H3,(H,27,31). The number of amides is 1. The van der Waals surface area contributed by atoms with Crippen molar-refractivity contribution in [3.63, 3.8) is 0 Å². The number of aromatic nitrogens is 2. The zero-order valence-electron chi connectivity index (χ0n) is 19.0. The van der Waals surface area contributed by atoms with E-state index in [1.807, 2.05) is 11.9 Å². The van der Waals surface area contributed by atoms with Gasteiger partial charge in [-0.05, 0) is 62.2 Å². The highest BCUT2D eigenvalue weighted by molar-refractivity contribution is 7.90. The van der Waals surface area contributed by atoms with Gasteiger partial charge in [-0.15, -0.1) is 4.40 Å². The molecule has 2 heterocycles. The maximum absolute atomic E-state index is 13.2. The van der Waals surface area contributed by atoms with E-state index in [1.54, 1.807) is 31.2 Å². The minimum atomic E-state index is -3.93. The third-order valence-corrected chi connectivity index (χ3v) is 7.08. The first kappa shape index (κ1) is 23.6. The number of nitrogens with one attached hydrogen (secondary N) is 1. The van der Waals surface area contributed by atoms with Gasteiger partial charge >= 0.3 is 0 Å². The molecule has 1 aliphatic rings. The van der Waals surface area contributed by atoms with Crippen LogP contribution in [0.15, 0.2) is 64.0 Å². The summed E-state index contributed by atoms with van der Waals surface area (Å²) in [6, 6.07) is 11.8. The summed E-state index contributed by atoms with van der Waals surface area (Å²) in [6.45, 7) is 2.50. The van der Waals surface area contributed by atoms with Crippen LogP contribution < -0.4 is 5.32 Å². The van der Waals surface area contributed by atoms with Crippen molar-refractivity contribution >= 4 is 27.5 Å². The third kappa shape index (κ3) is 5.17. The molecular formula is C24H26FN5O3S. The molecule has 34 heavy (non-hydrogen) atoms. The molecule has 2 aromatic carbocycles. The number of nitrogens with zero attached hydrogens (tertiary/aromatic N) is 4. The van der Waals surface area contributed by atoms with Crippen LogP contribution in [0.5, 0.6) is 0 Å². The molecule has 0 radical (unpaired) electrons. The summed E-state index contributed by atoms with van der Waals surface area (Å²) in [6.07, 6.45) is 4.99. The Morgan fingerprint density at radius 3 is 2.65 bits per heavy atom. The number of sulfonamides is 1. The van der Waals surface area contributed by atoms with Gasteiger partial charge in [-0.3, -0.25) is 4.79 Å². The van der Waals surface area contributed by atoms with Gasteiger partial charge in [0, 0.05) is 25.7 Å². The summed E-state index contributed by atoms with van der Waals surface area (Å²) in [5, 5.41) is 6.96. The van der Waals surface area contributed by atoms with Crippen LogP contribution in [0.25, 0.3) is 5.69 Å². The van der Waals surface area contributed by atoms with E-state index in [1.165, 1.54) is 35.1 Å². The monoisotopic (exact) mass is 483 g/mol. The van der Waals surface area contributed by atoms with Crippen LogP contribution in [0, 0.1) is 12.7 Å². The van der Waals surface area contributed by atoms with E-state index >= 15 is 0 Å². The largest absolute Gasteiger partial charge is 0.362 e. The minimum absolute atomic E-state index is 0.00850. The Labute approximate surface area is 198 Å². The van der Waals surface area contributed by atoms with Crippen LogP contribution in [0.3, 0.4) is 0 Å². The Kier molecular flexibility index (Phi) is 6.78. The molecule has 1 N–H and O–H groups in total. The van der Waals surface area contributed by atoms with Crippen LogP contribution in [0.4, 0.5) is 10.1 Å². The van der Waals surface area contributed by atoms with Crippen molar-refractivity contribution in [3.05, 3.63) is 71.8 Å². The van der Waals surface area contributed by atoms with Crippen molar-refractivity contribution in [1.82, 2.24) is 14.7 Å². The predicted octanol–water partition coefficient (Wildman–Crippen LogP) is 4.17. The van der Waals surface area contributed by atoms with Crippen molar-refractivity contribution < 1.29 is 17.6 Å². The van der Waals surface area contributed by atoms with Crippen LogP contribution in [0.2, 0.25) is 0 Å². The zero-order valence-corrected chi connectivity index (χ0v) is 19.8. The molecule has 1 aromatic heterocycles. The first-order valence-corrected chi connectivity index (χ1v) is 12.5. The Hall–Kier alpha value is -3.53. The Morgan fingerprint density at radius 1 is 1.12 bits per heavy atom. The molecule has 0 atom stereocenters. The average molecular weight is 484 g/mol. The molecule has 10 heteroatoms. The molecule has 0 bridgehead atoms. The van der Waals surface area contributed by atoms with Gasteiger partial charge in [0.1, 0.15) is 11.7 Å². The molecule has 178 valence electrons. The SMILES string of the molecule is Cc1c(C(=O)Nc2cccc(S(=O)(=O)N=C3CCCCCN3C)c2)cnn1-c1ccc(F)cc1. The Balaban J connectivity index is 1.55. The molecule has 4 rings (SSSR count). The van der Waals surface area contributed by atoms with Crippen LogP contribution in [0.1, 0.15) is 41.7 Å². The van der Waals surface area contributed by atoms with E-state index < -0.39 is 15.9 Å². The highest BCUT2D eigenvalue weighted by Crippen LogP contribution is 2.22. The molecule has 1 saturated heterocycles. The second kappa shape index (κ2) is 9.76. The van der Waals surface area contributed by atoms with E-state index in [0.717, 1.165) is 25.8 Å². The van der Waals surface area contributed by atoms with Crippen molar-refractivity contribution in [1.29, 1.82) is 0 Å². The molecule has 0 spiro atoms. The first-order chi connectivity index (χ1) is 16.2. The van der Waals surface area contributed by atoms with Crippen LogP contribution in [-0.4, -0.2) is 48.4 Å². The number of benzene rings is 2. The Morgan fingerprint density at radius 2 is 1.88 bits per heavy atom. The minimum Gasteiger partial charge on any atom is -0.362 e. The zero-order chi connectivity index (χ0) is 24.3. The van der Waals surface area contributed by atoms with E-state index in [2.05, 4.69) is 14.8 Å². The maximum atomic E-state index is 13.2. The van der Waals surface area contributed by atoms with Crippen molar-refractivity contribution in [2.75, 3.05) is 18.9 Å². The molecule has 3 aromatic rings. The van der Waals surface area contributed by atoms with E-state index in [4.69, 9.17) is 0 Å². The second-order valence-electron chi connectivity index (χ2n) is 8.23. The summed E-state index contributed by atoms with van der Waals surface area (Å²) in [5.74, 6) is -0.247. The number of hydrogen-bond donors (Lipinski definition) is 1. The van der Waals surface area contributed by atoms with Gasteiger partial charge in [0.05, 0.1) is 28.0 Å². The lowest BCUT2D eigenvalue weighted by Gasteiger charge is -2.17. The summed E-state index contributed by atoms with van der Waals surface area (Å²) < 4.78 is 44.7. The lowest BCUT2D eigenvalue weighted by molar-refractivity contribution is 0.102. The topological polar surface area (TPSA) is 96.7 Å². The van der Waals surface area contributed by atoms with Crippen molar-refractivity contribution in [2.45, 2.75) is 37.5 Å². The smallest absolute Gasteiger partial charge is 0.284 e. The molecular weight excluding hydrogens is 457 g/mol. The predicted molar refractivity (Wildman–Crippen MR) is 128 cm³/mol. The lowest BCUT2D eigenvalue weighted by atomic mass is 10.2. The summed E-state index contributed by atoms with van der Waals surface area (Å²) in [7, 11) is -2.08. The van der Waals surface area contributed by atoms with Gasteiger partial charge in [0.25, 0.3) is 15.9 Å².